The molecule has 92 valence electrons. The van der Waals surface area contributed by atoms with Crippen molar-refractivity contribution < 1.29 is 9.90 Å². The van der Waals surface area contributed by atoms with E-state index in [1.165, 1.54) is 5.56 Å². The van der Waals surface area contributed by atoms with E-state index in [0.717, 1.165) is 19.3 Å². The number of rotatable bonds is 3. The van der Waals surface area contributed by atoms with Gasteiger partial charge < -0.3 is 10.0 Å². The predicted molar refractivity (Wildman–Crippen MR) is 66.9 cm³/mol. The fourth-order valence-corrected chi connectivity index (χ4v) is 2.55. The standard InChI is InChI=1S/C14H19NO2/c1-15-10-12(14(16)17)7-8-13(15)9-11-5-3-2-4-6-11/h2-6,12-13H,7-10H2,1H3,(H,16,17). The fraction of sp³-hybridized carbons (Fsp3) is 0.500. The van der Waals surface area contributed by atoms with Gasteiger partial charge in [0.25, 0.3) is 0 Å². The lowest BCUT2D eigenvalue weighted by molar-refractivity contribution is -0.143. The average molecular weight is 233 g/mol. The molecule has 0 bridgehead atoms. The van der Waals surface area contributed by atoms with Crippen LogP contribution in [-0.2, 0) is 11.2 Å². The molecule has 0 aliphatic carbocycles. The first kappa shape index (κ1) is 12.1. The van der Waals surface area contributed by atoms with E-state index >= 15 is 0 Å². The molecule has 1 aliphatic rings. The molecule has 3 heteroatoms. The van der Waals surface area contributed by atoms with Crippen molar-refractivity contribution in [3.63, 3.8) is 0 Å². The quantitative estimate of drug-likeness (QED) is 0.868. The molecule has 2 unspecified atom stereocenters. The first-order valence-corrected chi connectivity index (χ1v) is 6.14. The highest BCUT2D eigenvalue weighted by Crippen LogP contribution is 2.23. The van der Waals surface area contributed by atoms with E-state index in [2.05, 4.69) is 29.2 Å². The number of carboxylic acids is 1. The minimum atomic E-state index is -0.657. The van der Waals surface area contributed by atoms with E-state index in [1.54, 1.807) is 0 Å². The SMILES string of the molecule is CN1CC(C(=O)O)CCC1Cc1ccccc1. The van der Waals surface area contributed by atoms with Crippen LogP contribution >= 0.6 is 0 Å². The van der Waals surface area contributed by atoms with E-state index in [0.29, 0.717) is 12.6 Å². The normalized spacial score (nSPS) is 25.7. The molecule has 1 aliphatic heterocycles. The van der Waals surface area contributed by atoms with Gasteiger partial charge in [-0.25, -0.2) is 0 Å². The Morgan fingerprint density at radius 2 is 2.06 bits per heavy atom. The molecule has 1 saturated heterocycles. The number of carboxylic acid groups (broad SMARTS) is 1. The van der Waals surface area contributed by atoms with Crippen molar-refractivity contribution in [1.82, 2.24) is 4.90 Å². The smallest absolute Gasteiger partial charge is 0.307 e. The van der Waals surface area contributed by atoms with Crippen LogP contribution in [0.4, 0.5) is 0 Å². The van der Waals surface area contributed by atoms with Gasteiger partial charge in [0.05, 0.1) is 5.92 Å². The van der Waals surface area contributed by atoms with Crippen LogP contribution in [0.3, 0.4) is 0 Å². The van der Waals surface area contributed by atoms with Crippen molar-refractivity contribution in [2.45, 2.75) is 25.3 Å². The number of aliphatic carboxylic acids is 1. The number of piperidine rings is 1. The Bertz CT molecular complexity index is 377. The van der Waals surface area contributed by atoms with Gasteiger partial charge in [-0.05, 0) is 31.9 Å². The molecule has 0 radical (unpaired) electrons. The second kappa shape index (κ2) is 5.32. The summed E-state index contributed by atoms with van der Waals surface area (Å²) in [7, 11) is 2.03. The number of likely N-dealkylation sites (N-methyl/N-ethyl adjacent to an activating group) is 1. The highest BCUT2D eigenvalue weighted by Gasteiger charge is 2.29. The first-order chi connectivity index (χ1) is 8.16. The minimum Gasteiger partial charge on any atom is -0.481 e. The summed E-state index contributed by atoms with van der Waals surface area (Å²) in [4.78, 5) is 13.1. The molecule has 0 spiro atoms. The summed E-state index contributed by atoms with van der Waals surface area (Å²) in [5.41, 5.74) is 1.33. The van der Waals surface area contributed by atoms with Crippen LogP contribution in [-0.4, -0.2) is 35.6 Å². The second-order valence-corrected chi connectivity index (χ2v) is 4.90. The van der Waals surface area contributed by atoms with Crippen LogP contribution in [0.15, 0.2) is 30.3 Å². The Hall–Kier alpha value is -1.35. The van der Waals surface area contributed by atoms with E-state index in [-0.39, 0.29) is 5.92 Å². The van der Waals surface area contributed by atoms with Gasteiger partial charge in [-0.15, -0.1) is 0 Å². The Kier molecular flexibility index (Phi) is 3.79. The van der Waals surface area contributed by atoms with Crippen molar-refractivity contribution in [3.8, 4) is 0 Å². The van der Waals surface area contributed by atoms with Crippen molar-refractivity contribution in [2.75, 3.05) is 13.6 Å². The molecule has 1 aromatic rings. The van der Waals surface area contributed by atoms with E-state index in [4.69, 9.17) is 5.11 Å². The van der Waals surface area contributed by atoms with Crippen LogP contribution < -0.4 is 0 Å². The van der Waals surface area contributed by atoms with E-state index < -0.39 is 5.97 Å². The maximum atomic E-state index is 10.9. The molecule has 1 heterocycles. The summed E-state index contributed by atoms with van der Waals surface area (Å²) in [6.07, 6.45) is 2.79. The molecule has 0 saturated carbocycles. The predicted octanol–water partition coefficient (Wildman–Crippen LogP) is 2.02. The Balaban J connectivity index is 1.94. The first-order valence-electron chi connectivity index (χ1n) is 6.14. The van der Waals surface area contributed by atoms with Gasteiger partial charge in [0.1, 0.15) is 0 Å². The molecule has 1 aromatic carbocycles. The maximum Gasteiger partial charge on any atom is 0.307 e. The lowest BCUT2D eigenvalue weighted by Crippen LogP contribution is -2.44. The number of likely N-dealkylation sites (tertiary alicyclic amines) is 1. The lowest BCUT2D eigenvalue weighted by atomic mass is 9.90. The molecule has 2 atom stereocenters. The van der Waals surface area contributed by atoms with Crippen LogP contribution in [0, 0.1) is 5.92 Å². The molecule has 17 heavy (non-hydrogen) atoms. The molecule has 3 nitrogen and oxygen atoms in total. The fourth-order valence-electron chi connectivity index (χ4n) is 2.55. The highest BCUT2D eigenvalue weighted by molar-refractivity contribution is 5.70. The van der Waals surface area contributed by atoms with Gasteiger partial charge in [-0.3, -0.25) is 4.79 Å². The molecular weight excluding hydrogens is 214 g/mol. The third kappa shape index (κ3) is 3.07. The van der Waals surface area contributed by atoms with Crippen molar-refractivity contribution in [1.29, 1.82) is 0 Å². The number of carbonyl (C=O) groups is 1. The van der Waals surface area contributed by atoms with Gasteiger partial charge in [0.2, 0.25) is 0 Å². The van der Waals surface area contributed by atoms with Gasteiger partial charge in [-0.1, -0.05) is 30.3 Å². The van der Waals surface area contributed by atoms with Gasteiger partial charge in [-0.2, -0.15) is 0 Å². The van der Waals surface area contributed by atoms with Gasteiger partial charge in [0, 0.05) is 12.6 Å². The van der Waals surface area contributed by atoms with Crippen LogP contribution in [0.5, 0.6) is 0 Å². The van der Waals surface area contributed by atoms with Crippen LogP contribution in [0.1, 0.15) is 18.4 Å². The molecule has 1 fully saturated rings. The van der Waals surface area contributed by atoms with Crippen molar-refractivity contribution in [2.24, 2.45) is 5.92 Å². The summed E-state index contributed by atoms with van der Waals surface area (Å²) in [5.74, 6) is -0.845. The Morgan fingerprint density at radius 1 is 1.35 bits per heavy atom. The topological polar surface area (TPSA) is 40.5 Å². The molecule has 1 N–H and O–H groups in total. The summed E-state index contributed by atoms with van der Waals surface area (Å²) in [6.45, 7) is 0.673. The third-order valence-corrected chi connectivity index (χ3v) is 3.64. The number of benzene rings is 1. The highest BCUT2D eigenvalue weighted by atomic mass is 16.4. The summed E-state index contributed by atoms with van der Waals surface area (Å²) in [5, 5.41) is 9.01. The minimum absolute atomic E-state index is 0.188. The van der Waals surface area contributed by atoms with E-state index in [1.807, 2.05) is 13.1 Å². The van der Waals surface area contributed by atoms with Crippen molar-refractivity contribution >= 4 is 5.97 Å². The zero-order valence-corrected chi connectivity index (χ0v) is 10.2. The number of hydrogen-bond acceptors (Lipinski definition) is 2. The molecule has 2 rings (SSSR count). The lowest BCUT2D eigenvalue weighted by Gasteiger charge is -2.35. The summed E-state index contributed by atoms with van der Waals surface area (Å²) >= 11 is 0. The summed E-state index contributed by atoms with van der Waals surface area (Å²) < 4.78 is 0. The number of nitrogens with zero attached hydrogens (tertiary/aromatic N) is 1. The monoisotopic (exact) mass is 233 g/mol. The van der Waals surface area contributed by atoms with Crippen LogP contribution in [0.25, 0.3) is 0 Å². The Morgan fingerprint density at radius 3 is 2.65 bits per heavy atom. The molecular formula is C14H19NO2. The third-order valence-electron chi connectivity index (χ3n) is 3.64. The number of hydrogen-bond donors (Lipinski definition) is 1. The second-order valence-electron chi connectivity index (χ2n) is 4.90. The van der Waals surface area contributed by atoms with Gasteiger partial charge in [0.15, 0.2) is 0 Å². The van der Waals surface area contributed by atoms with E-state index in [9.17, 15) is 4.79 Å². The Labute approximate surface area is 102 Å². The largest absolute Gasteiger partial charge is 0.481 e. The maximum absolute atomic E-state index is 10.9. The molecule has 0 amide bonds. The van der Waals surface area contributed by atoms with Gasteiger partial charge >= 0.3 is 5.97 Å². The van der Waals surface area contributed by atoms with Crippen LogP contribution in [0.2, 0.25) is 0 Å². The zero-order chi connectivity index (χ0) is 12.3. The average Bonchev–Trinajstić information content (AvgIpc) is 2.33. The zero-order valence-electron chi connectivity index (χ0n) is 10.2. The molecule has 0 aromatic heterocycles. The van der Waals surface area contributed by atoms with Crippen molar-refractivity contribution in [3.05, 3.63) is 35.9 Å². The summed E-state index contributed by atoms with van der Waals surface area (Å²) in [6, 6.07) is 10.9.